The second-order valence-electron chi connectivity index (χ2n) is 5.03. The molecule has 6 heteroatoms. The summed E-state index contributed by atoms with van der Waals surface area (Å²) in [7, 11) is 1.82. The minimum atomic E-state index is 0.164. The molecule has 1 aliphatic rings. The fourth-order valence-corrected chi connectivity index (χ4v) is 2.89. The van der Waals surface area contributed by atoms with E-state index in [-0.39, 0.29) is 5.91 Å². The molecule has 0 saturated carbocycles. The minimum absolute atomic E-state index is 0.164. The molecule has 0 bridgehead atoms. The van der Waals surface area contributed by atoms with Crippen LogP contribution in [0.4, 0.5) is 5.69 Å². The molecule has 1 amide bonds. The number of hydrogen-bond acceptors (Lipinski definition) is 5. The molecule has 0 spiro atoms. The van der Waals surface area contributed by atoms with Crippen molar-refractivity contribution in [2.24, 2.45) is 0 Å². The van der Waals surface area contributed by atoms with Gasteiger partial charge in [-0.15, -0.1) is 10.2 Å². The van der Waals surface area contributed by atoms with Gasteiger partial charge in [0, 0.05) is 24.7 Å². The Kier molecular flexibility index (Phi) is 3.63. The molecule has 0 N–H and O–H groups in total. The number of carbonyl (C=O) groups excluding carboxylic acids is 1. The van der Waals surface area contributed by atoms with E-state index in [0.29, 0.717) is 11.6 Å². The number of rotatable bonds is 2. The number of carbonyl (C=O) groups is 1. The van der Waals surface area contributed by atoms with Gasteiger partial charge in [0.2, 0.25) is 11.1 Å². The second-order valence-corrected chi connectivity index (χ2v) is 5.80. The molecule has 0 saturated heterocycles. The average molecular weight is 300 g/mol. The maximum absolute atomic E-state index is 11.7. The Morgan fingerprint density at radius 3 is 2.76 bits per heavy atom. The predicted octanol–water partition coefficient (Wildman–Crippen LogP) is 2.48. The van der Waals surface area contributed by atoms with Crippen molar-refractivity contribution in [3.05, 3.63) is 29.5 Å². The lowest BCUT2D eigenvalue weighted by Gasteiger charge is -2.26. The number of fused-ring (bicyclic) bond motifs is 1. The summed E-state index contributed by atoms with van der Waals surface area (Å²) in [6.07, 6.45) is 3.26. The van der Waals surface area contributed by atoms with Crippen molar-refractivity contribution in [2.75, 3.05) is 18.2 Å². The first-order chi connectivity index (χ1) is 10.1. The summed E-state index contributed by atoms with van der Waals surface area (Å²) in [5.41, 5.74) is 4.82. The fourth-order valence-electron chi connectivity index (χ4n) is 2.54. The lowest BCUT2D eigenvalue weighted by Crippen LogP contribution is -2.31. The van der Waals surface area contributed by atoms with Gasteiger partial charge in [-0.1, -0.05) is 17.8 Å². The zero-order valence-electron chi connectivity index (χ0n) is 12.3. The third-order valence-corrected chi connectivity index (χ3v) is 4.26. The summed E-state index contributed by atoms with van der Waals surface area (Å²) < 4.78 is 0. The summed E-state index contributed by atoms with van der Waals surface area (Å²) in [6, 6.07) is 6.05. The Labute approximate surface area is 127 Å². The topological polar surface area (TPSA) is 59.0 Å². The lowest BCUT2D eigenvalue weighted by molar-refractivity contribution is -0.118. The van der Waals surface area contributed by atoms with Crippen LogP contribution in [0, 0.1) is 6.92 Å². The van der Waals surface area contributed by atoms with Crippen LogP contribution < -0.4 is 4.90 Å². The quantitative estimate of drug-likeness (QED) is 0.797. The highest BCUT2D eigenvalue weighted by molar-refractivity contribution is 7.98. The molecule has 1 aromatic heterocycles. The monoisotopic (exact) mass is 300 g/mol. The largest absolute Gasteiger partial charge is 0.315 e. The number of aryl methyl sites for hydroxylation is 2. The van der Waals surface area contributed by atoms with E-state index in [2.05, 4.69) is 21.2 Å². The van der Waals surface area contributed by atoms with E-state index in [9.17, 15) is 4.79 Å². The molecule has 5 nitrogen and oxygen atoms in total. The number of nitrogens with zero attached hydrogens (tertiary/aromatic N) is 4. The highest BCUT2D eigenvalue weighted by Gasteiger charge is 2.21. The summed E-state index contributed by atoms with van der Waals surface area (Å²) in [5.74, 6) is 0.164. The van der Waals surface area contributed by atoms with Gasteiger partial charge in [-0.3, -0.25) is 4.79 Å². The average Bonchev–Trinajstić information content (AvgIpc) is 2.50. The van der Waals surface area contributed by atoms with Gasteiger partial charge in [0.15, 0.2) is 0 Å². The standard InChI is InChI=1S/C15H16N4OS/c1-9-14(17-18-15(16-9)21-3)11-4-6-12-10(8-11)5-7-13(20)19(12)2/h4,6,8H,5,7H2,1-3H3. The molecular weight excluding hydrogens is 284 g/mol. The van der Waals surface area contributed by atoms with Crippen LogP contribution in [0.15, 0.2) is 23.4 Å². The van der Waals surface area contributed by atoms with Crippen LogP contribution in [0.3, 0.4) is 0 Å². The summed E-state index contributed by atoms with van der Waals surface area (Å²) in [5, 5.41) is 9.08. The molecule has 2 heterocycles. The van der Waals surface area contributed by atoms with E-state index in [0.717, 1.165) is 29.1 Å². The van der Waals surface area contributed by atoms with Crippen molar-refractivity contribution in [3.8, 4) is 11.3 Å². The first-order valence-corrected chi connectivity index (χ1v) is 7.98. The molecule has 0 unspecified atom stereocenters. The fraction of sp³-hybridized carbons (Fsp3) is 0.333. The van der Waals surface area contributed by atoms with Crippen LogP contribution in [0.5, 0.6) is 0 Å². The molecule has 2 aromatic rings. The minimum Gasteiger partial charge on any atom is -0.315 e. The van der Waals surface area contributed by atoms with Crippen LogP contribution in [0.2, 0.25) is 0 Å². The van der Waals surface area contributed by atoms with Crippen molar-refractivity contribution in [3.63, 3.8) is 0 Å². The zero-order chi connectivity index (χ0) is 15.0. The number of amides is 1. The highest BCUT2D eigenvalue weighted by atomic mass is 32.2. The Morgan fingerprint density at radius 1 is 1.24 bits per heavy atom. The van der Waals surface area contributed by atoms with E-state index in [1.165, 1.54) is 17.3 Å². The summed E-state index contributed by atoms with van der Waals surface area (Å²) in [6.45, 7) is 1.94. The first-order valence-electron chi connectivity index (χ1n) is 6.75. The Balaban J connectivity index is 2.03. The molecule has 1 aliphatic heterocycles. The number of aromatic nitrogens is 3. The molecule has 0 atom stereocenters. The normalized spacial score (nSPS) is 14.2. The van der Waals surface area contributed by atoms with Crippen molar-refractivity contribution in [2.45, 2.75) is 24.9 Å². The summed E-state index contributed by atoms with van der Waals surface area (Å²) >= 11 is 1.48. The van der Waals surface area contributed by atoms with Gasteiger partial charge in [0.25, 0.3) is 0 Å². The van der Waals surface area contributed by atoms with Crippen molar-refractivity contribution in [1.82, 2.24) is 15.2 Å². The molecule has 0 radical (unpaired) electrons. The Morgan fingerprint density at radius 2 is 2.05 bits per heavy atom. The van der Waals surface area contributed by atoms with Gasteiger partial charge in [0.05, 0.1) is 5.69 Å². The van der Waals surface area contributed by atoms with Gasteiger partial charge in [-0.25, -0.2) is 4.98 Å². The van der Waals surface area contributed by atoms with Crippen molar-refractivity contribution < 1.29 is 4.79 Å². The molecular formula is C15H16N4OS. The van der Waals surface area contributed by atoms with Gasteiger partial charge in [-0.2, -0.15) is 0 Å². The van der Waals surface area contributed by atoms with Crippen molar-refractivity contribution >= 4 is 23.4 Å². The Bertz CT molecular complexity index is 717. The van der Waals surface area contributed by atoms with Gasteiger partial charge in [-0.05, 0) is 37.3 Å². The second kappa shape index (κ2) is 5.44. The first kappa shape index (κ1) is 14.0. The molecule has 108 valence electrons. The van der Waals surface area contributed by atoms with Gasteiger partial charge in [0.1, 0.15) is 5.69 Å². The SMILES string of the molecule is CSc1nnc(-c2ccc3c(c2)CCC(=O)N3C)c(C)n1. The molecule has 1 aromatic carbocycles. The van der Waals surface area contributed by atoms with E-state index in [1.807, 2.05) is 32.4 Å². The third kappa shape index (κ3) is 2.51. The molecule has 3 rings (SSSR count). The maximum atomic E-state index is 11.7. The number of anilines is 1. The Hall–Kier alpha value is -1.95. The summed E-state index contributed by atoms with van der Waals surface area (Å²) in [4.78, 5) is 17.9. The highest BCUT2D eigenvalue weighted by Crippen LogP contribution is 2.31. The third-order valence-electron chi connectivity index (χ3n) is 3.72. The molecule has 0 aliphatic carbocycles. The number of thioether (sulfide) groups is 1. The van der Waals surface area contributed by atoms with E-state index < -0.39 is 0 Å². The number of benzene rings is 1. The molecule has 21 heavy (non-hydrogen) atoms. The van der Waals surface area contributed by atoms with Gasteiger partial charge >= 0.3 is 0 Å². The van der Waals surface area contributed by atoms with E-state index in [4.69, 9.17) is 0 Å². The smallest absolute Gasteiger partial charge is 0.227 e. The predicted molar refractivity (Wildman–Crippen MR) is 83.5 cm³/mol. The molecule has 0 fully saturated rings. The number of hydrogen-bond donors (Lipinski definition) is 0. The van der Waals surface area contributed by atoms with Crippen molar-refractivity contribution in [1.29, 1.82) is 0 Å². The maximum Gasteiger partial charge on any atom is 0.227 e. The van der Waals surface area contributed by atoms with E-state index >= 15 is 0 Å². The lowest BCUT2D eigenvalue weighted by atomic mass is 9.97. The zero-order valence-corrected chi connectivity index (χ0v) is 13.1. The van der Waals surface area contributed by atoms with Crippen LogP contribution in [-0.2, 0) is 11.2 Å². The van der Waals surface area contributed by atoms with Gasteiger partial charge < -0.3 is 4.90 Å². The van der Waals surface area contributed by atoms with Crippen LogP contribution in [0.25, 0.3) is 11.3 Å². The van der Waals surface area contributed by atoms with Crippen LogP contribution >= 0.6 is 11.8 Å². The van der Waals surface area contributed by atoms with E-state index in [1.54, 1.807) is 4.90 Å². The van der Waals surface area contributed by atoms with Crippen LogP contribution in [-0.4, -0.2) is 34.4 Å². The van der Waals surface area contributed by atoms with Crippen LogP contribution in [0.1, 0.15) is 17.7 Å².